The third kappa shape index (κ3) is 3.43. The van der Waals surface area contributed by atoms with Crippen LogP contribution in [0.15, 0.2) is 18.2 Å². The van der Waals surface area contributed by atoms with E-state index in [9.17, 15) is 0 Å². The van der Waals surface area contributed by atoms with Crippen LogP contribution in [-0.4, -0.2) is 11.1 Å². The van der Waals surface area contributed by atoms with E-state index in [0.717, 1.165) is 11.6 Å². The van der Waals surface area contributed by atoms with Crippen molar-refractivity contribution in [1.29, 1.82) is 0 Å². The minimum Gasteiger partial charge on any atom is -0.384 e. The van der Waals surface area contributed by atoms with Crippen LogP contribution in [0.4, 0.5) is 5.82 Å². The van der Waals surface area contributed by atoms with Crippen LogP contribution in [0, 0.1) is 5.92 Å². The maximum Gasteiger partial charge on any atom is 0.123 e. The van der Waals surface area contributed by atoms with E-state index in [1.54, 1.807) is 6.07 Å². The molecule has 0 radical (unpaired) electrons. The maximum atomic E-state index is 6.01. The third-order valence-electron chi connectivity index (χ3n) is 3.64. The first-order chi connectivity index (χ1) is 8.29. The highest BCUT2D eigenvalue weighted by atomic mass is 16.5. The number of ether oxygens (including phenoxy) is 1. The van der Waals surface area contributed by atoms with E-state index in [-0.39, 0.29) is 0 Å². The number of hydrogen-bond donors (Lipinski definition) is 1. The molecular formula is C14H22N2O. The molecule has 0 aromatic carbocycles. The zero-order valence-electron chi connectivity index (χ0n) is 10.6. The monoisotopic (exact) mass is 234 g/mol. The van der Waals surface area contributed by atoms with Gasteiger partial charge in [-0.05, 0) is 30.9 Å². The van der Waals surface area contributed by atoms with Gasteiger partial charge in [0, 0.05) is 0 Å². The van der Waals surface area contributed by atoms with E-state index in [1.807, 2.05) is 12.1 Å². The Kier molecular flexibility index (Phi) is 4.37. The number of anilines is 1. The summed E-state index contributed by atoms with van der Waals surface area (Å²) in [6.07, 6.45) is 6.79. The van der Waals surface area contributed by atoms with Crippen molar-refractivity contribution in [2.45, 2.75) is 51.7 Å². The molecule has 17 heavy (non-hydrogen) atoms. The van der Waals surface area contributed by atoms with Crippen LogP contribution in [0.1, 0.15) is 44.7 Å². The van der Waals surface area contributed by atoms with Gasteiger partial charge in [0.1, 0.15) is 5.82 Å². The van der Waals surface area contributed by atoms with Gasteiger partial charge in [0.15, 0.2) is 0 Å². The number of nitrogens with zero attached hydrogens (tertiary/aromatic N) is 1. The molecule has 0 spiro atoms. The topological polar surface area (TPSA) is 48.1 Å². The van der Waals surface area contributed by atoms with Crippen molar-refractivity contribution in [2.24, 2.45) is 5.92 Å². The molecule has 1 aromatic heterocycles. The second-order valence-electron chi connectivity index (χ2n) is 4.86. The van der Waals surface area contributed by atoms with Gasteiger partial charge >= 0.3 is 0 Å². The highest BCUT2D eigenvalue weighted by Gasteiger charge is 2.24. The van der Waals surface area contributed by atoms with E-state index >= 15 is 0 Å². The van der Waals surface area contributed by atoms with Crippen molar-refractivity contribution >= 4 is 5.82 Å². The van der Waals surface area contributed by atoms with Gasteiger partial charge in [-0.2, -0.15) is 0 Å². The Morgan fingerprint density at radius 1 is 1.35 bits per heavy atom. The molecule has 94 valence electrons. The summed E-state index contributed by atoms with van der Waals surface area (Å²) in [6.45, 7) is 2.84. The highest BCUT2D eigenvalue weighted by Crippen LogP contribution is 2.29. The van der Waals surface area contributed by atoms with Gasteiger partial charge in [-0.3, -0.25) is 0 Å². The van der Waals surface area contributed by atoms with Crippen molar-refractivity contribution in [1.82, 2.24) is 4.98 Å². The molecule has 1 aromatic rings. The Bertz CT molecular complexity index is 354. The first-order valence-corrected chi connectivity index (χ1v) is 6.62. The Morgan fingerprint density at radius 3 is 2.94 bits per heavy atom. The molecule has 1 saturated carbocycles. The normalized spacial score (nSPS) is 24.8. The highest BCUT2D eigenvalue weighted by molar-refractivity contribution is 5.28. The molecule has 1 aliphatic rings. The van der Waals surface area contributed by atoms with Crippen molar-refractivity contribution in [3.63, 3.8) is 0 Å². The van der Waals surface area contributed by atoms with E-state index in [4.69, 9.17) is 10.5 Å². The molecule has 1 aliphatic carbocycles. The number of pyridine rings is 1. The summed E-state index contributed by atoms with van der Waals surface area (Å²) in [7, 11) is 0. The Morgan fingerprint density at radius 2 is 2.18 bits per heavy atom. The van der Waals surface area contributed by atoms with Gasteiger partial charge in [0.25, 0.3) is 0 Å². The first-order valence-electron chi connectivity index (χ1n) is 6.62. The largest absolute Gasteiger partial charge is 0.384 e. The number of aromatic nitrogens is 1. The van der Waals surface area contributed by atoms with Crippen molar-refractivity contribution in [3.05, 3.63) is 23.9 Å². The van der Waals surface area contributed by atoms with Crippen LogP contribution >= 0.6 is 0 Å². The molecule has 2 atom stereocenters. The molecule has 0 amide bonds. The molecule has 3 nitrogen and oxygen atoms in total. The molecule has 2 N–H and O–H groups in total. The van der Waals surface area contributed by atoms with E-state index in [1.165, 1.54) is 32.1 Å². The summed E-state index contributed by atoms with van der Waals surface area (Å²) in [5.74, 6) is 1.30. The number of nitrogen functional groups attached to an aromatic ring is 1. The zero-order valence-corrected chi connectivity index (χ0v) is 10.6. The van der Waals surface area contributed by atoms with Crippen molar-refractivity contribution in [3.8, 4) is 0 Å². The smallest absolute Gasteiger partial charge is 0.123 e. The lowest BCUT2D eigenvalue weighted by Crippen LogP contribution is -2.27. The average molecular weight is 234 g/mol. The van der Waals surface area contributed by atoms with Crippen LogP contribution in [-0.2, 0) is 11.3 Å². The molecule has 2 unspecified atom stereocenters. The fraction of sp³-hybridized carbons (Fsp3) is 0.643. The van der Waals surface area contributed by atoms with Gasteiger partial charge in [-0.15, -0.1) is 0 Å². The van der Waals surface area contributed by atoms with Gasteiger partial charge in [-0.1, -0.05) is 32.3 Å². The number of rotatable bonds is 4. The van der Waals surface area contributed by atoms with Crippen molar-refractivity contribution in [2.75, 3.05) is 5.73 Å². The molecule has 1 fully saturated rings. The molecule has 2 rings (SSSR count). The summed E-state index contributed by atoms with van der Waals surface area (Å²) < 4.78 is 6.01. The Labute approximate surface area is 103 Å². The second kappa shape index (κ2) is 6.01. The minimum atomic E-state index is 0.414. The molecule has 3 heteroatoms. The first kappa shape index (κ1) is 12.4. The van der Waals surface area contributed by atoms with E-state index in [2.05, 4.69) is 11.9 Å². The number of hydrogen-bond acceptors (Lipinski definition) is 3. The van der Waals surface area contributed by atoms with Gasteiger partial charge in [0.2, 0.25) is 0 Å². The lowest BCUT2D eigenvalue weighted by molar-refractivity contribution is -0.0234. The van der Waals surface area contributed by atoms with Crippen molar-refractivity contribution < 1.29 is 4.74 Å². The maximum absolute atomic E-state index is 6.01. The summed E-state index contributed by atoms with van der Waals surface area (Å²) >= 11 is 0. The van der Waals surface area contributed by atoms with Gasteiger partial charge in [0.05, 0.1) is 18.4 Å². The lowest BCUT2D eigenvalue weighted by atomic mass is 9.85. The van der Waals surface area contributed by atoms with Crippen LogP contribution in [0.5, 0.6) is 0 Å². The predicted molar refractivity (Wildman–Crippen MR) is 69.5 cm³/mol. The Balaban J connectivity index is 1.88. The fourth-order valence-electron chi connectivity index (χ4n) is 2.63. The zero-order chi connectivity index (χ0) is 12.1. The SMILES string of the molecule is CCC1CCCCC1OCc1cccc(N)n1. The third-order valence-corrected chi connectivity index (χ3v) is 3.64. The van der Waals surface area contributed by atoms with Crippen LogP contribution < -0.4 is 5.73 Å². The average Bonchev–Trinajstić information content (AvgIpc) is 2.37. The summed E-state index contributed by atoms with van der Waals surface area (Å²) in [4.78, 5) is 4.26. The molecular weight excluding hydrogens is 212 g/mol. The lowest BCUT2D eigenvalue weighted by Gasteiger charge is -2.30. The molecule has 0 aliphatic heterocycles. The van der Waals surface area contributed by atoms with E-state index in [0.29, 0.717) is 18.5 Å². The van der Waals surface area contributed by atoms with Crippen LogP contribution in [0.3, 0.4) is 0 Å². The predicted octanol–water partition coefficient (Wildman–Crippen LogP) is 3.15. The summed E-state index contributed by atoms with van der Waals surface area (Å²) in [5.41, 5.74) is 6.59. The minimum absolute atomic E-state index is 0.414. The second-order valence-corrected chi connectivity index (χ2v) is 4.86. The number of nitrogens with two attached hydrogens (primary N) is 1. The van der Waals surface area contributed by atoms with Crippen LogP contribution in [0.2, 0.25) is 0 Å². The van der Waals surface area contributed by atoms with Crippen LogP contribution in [0.25, 0.3) is 0 Å². The fourth-order valence-corrected chi connectivity index (χ4v) is 2.63. The van der Waals surface area contributed by atoms with Gasteiger partial charge in [-0.25, -0.2) is 4.98 Å². The molecule has 0 saturated heterocycles. The molecule has 1 heterocycles. The quantitative estimate of drug-likeness (QED) is 0.870. The summed E-state index contributed by atoms with van der Waals surface area (Å²) in [5, 5.41) is 0. The summed E-state index contributed by atoms with van der Waals surface area (Å²) in [6, 6.07) is 5.71. The standard InChI is InChI=1S/C14H22N2O/c1-2-11-6-3-4-8-13(11)17-10-12-7-5-9-14(15)16-12/h5,7,9,11,13H,2-4,6,8,10H2,1H3,(H2,15,16). The van der Waals surface area contributed by atoms with E-state index < -0.39 is 0 Å². The Hall–Kier alpha value is -1.09. The van der Waals surface area contributed by atoms with Gasteiger partial charge < -0.3 is 10.5 Å². The molecule has 0 bridgehead atoms.